The largest absolute Gasteiger partial charge is 0.477 e. The van der Waals surface area contributed by atoms with Gasteiger partial charge in [0.25, 0.3) is 0 Å². The van der Waals surface area contributed by atoms with E-state index in [9.17, 15) is 4.79 Å². The van der Waals surface area contributed by atoms with E-state index in [0.717, 1.165) is 26.7 Å². The van der Waals surface area contributed by atoms with Crippen LogP contribution in [0, 0.1) is 13.8 Å². The number of aromatic carboxylic acids is 1. The average molecular weight is 376 g/mol. The van der Waals surface area contributed by atoms with Crippen LogP contribution in [0.1, 0.15) is 33.7 Å². The number of carboxylic acids is 1. The molecule has 0 unspecified atom stereocenters. The van der Waals surface area contributed by atoms with Gasteiger partial charge in [-0.25, -0.2) is 9.78 Å². The predicted octanol–water partition coefficient (Wildman–Crippen LogP) is 3.73. The number of aromatic nitrogens is 3. The van der Waals surface area contributed by atoms with E-state index < -0.39 is 5.97 Å². The van der Waals surface area contributed by atoms with Crippen molar-refractivity contribution < 1.29 is 9.90 Å². The molecule has 0 bridgehead atoms. The molecule has 0 aliphatic carbocycles. The summed E-state index contributed by atoms with van der Waals surface area (Å²) in [5.41, 5.74) is 2.63. The zero-order valence-electron chi connectivity index (χ0n) is 11.3. The molecule has 20 heavy (non-hydrogen) atoms. The lowest BCUT2D eigenvalue weighted by Crippen LogP contribution is -2.01. The Balaban J connectivity index is 2.17. The van der Waals surface area contributed by atoms with E-state index in [-0.39, 0.29) is 0 Å². The fourth-order valence-electron chi connectivity index (χ4n) is 1.77. The molecule has 2 aromatic heterocycles. The molecule has 0 spiro atoms. The van der Waals surface area contributed by atoms with E-state index in [1.54, 1.807) is 6.92 Å². The molecule has 0 aromatic carbocycles. The minimum atomic E-state index is -0.914. The lowest BCUT2D eigenvalue weighted by Gasteiger charge is -2.03. The molecule has 8 heteroatoms. The third-order valence-corrected chi connectivity index (χ3v) is 6.09. The molecule has 0 radical (unpaired) electrons. The van der Waals surface area contributed by atoms with Crippen molar-refractivity contribution in [3.63, 3.8) is 0 Å². The van der Waals surface area contributed by atoms with Gasteiger partial charge in [-0.1, -0.05) is 11.8 Å². The lowest BCUT2D eigenvalue weighted by atomic mass is 10.4. The number of nitrogens with zero attached hydrogens (tertiary/aromatic N) is 3. The minimum Gasteiger partial charge on any atom is -0.477 e. The van der Waals surface area contributed by atoms with Gasteiger partial charge in [-0.05, 0) is 36.7 Å². The highest BCUT2D eigenvalue weighted by atomic mass is 79.9. The van der Waals surface area contributed by atoms with Crippen LogP contribution in [0.25, 0.3) is 0 Å². The van der Waals surface area contributed by atoms with Crippen LogP contribution in [0.4, 0.5) is 0 Å². The number of thioether (sulfide) groups is 1. The smallest absolute Gasteiger partial charge is 0.347 e. The molecule has 1 N–H and O–H groups in total. The van der Waals surface area contributed by atoms with E-state index in [0.29, 0.717) is 16.3 Å². The maximum atomic E-state index is 11.0. The summed E-state index contributed by atoms with van der Waals surface area (Å²) < 4.78 is 3.73. The van der Waals surface area contributed by atoms with E-state index in [2.05, 4.69) is 26.0 Å². The monoisotopic (exact) mass is 375 g/mol. The molecule has 0 saturated heterocycles. The molecule has 2 rings (SSSR count). The van der Waals surface area contributed by atoms with Crippen molar-refractivity contribution in [2.45, 2.75) is 37.4 Å². The Hall–Kier alpha value is -0.860. The normalized spacial score (nSPS) is 11.0. The molecule has 0 aliphatic heterocycles. The van der Waals surface area contributed by atoms with Gasteiger partial charge in [-0.2, -0.15) is 5.10 Å². The molecule has 5 nitrogen and oxygen atoms in total. The van der Waals surface area contributed by atoms with Crippen molar-refractivity contribution in [1.82, 2.24) is 14.8 Å². The Morgan fingerprint density at radius 1 is 1.45 bits per heavy atom. The van der Waals surface area contributed by atoms with Gasteiger partial charge in [0.15, 0.2) is 4.34 Å². The van der Waals surface area contributed by atoms with Crippen molar-refractivity contribution in [2.75, 3.05) is 0 Å². The SMILES string of the molecule is CCn1nc(C)c(Br)c1CSc1nc(C)c(C(=O)O)s1. The predicted molar refractivity (Wildman–Crippen MR) is 83.7 cm³/mol. The Kier molecular flexibility index (Phi) is 4.87. The van der Waals surface area contributed by atoms with Gasteiger partial charge in [-0.15, -0.1) is 11.3 Å². The molecule has 0 aliphatic rings. The first-order chi connectivity index (χ1) is 9.43. The molecule has 2 heterocycles. The fraction of sp³-hybridized carbons (Fsp3) is 0.417. The first-order valence-electron chi connectivity index (χ1n) is 5.99. The third-order valence-electron chi connectivity index (χ3n) is 2.76. The summed E-state index contributed by atoms with van der Waals surface area (Å²) in [6, 6.07) is 0. The van der Waals surface area contributed by atoms with Gasteiger partial charge in [-0.3, -0.25) is 4.68 Å². The van der Waals surface area contributed by atoms with Crippen LogP contribution in [-0.2, 0) is 12.3 Å². The van der Waals surface area contributed by atoms with E-state index >= 15 is 0 Å². The third kappa shape index (κ3) is 3.07. The second-order valence-electron chi connectivity index (χ2n) is 4.15. The topological polar surface area (TPSA) is 68.0 Å². The maximum absolute atomic E-state index is 11.0. The lowest BCUT2D eigenvalue weighted by molar-refractivity contribution is 0.0701. The Bertz CT molecular complexity index is 651. The number of rotatable bonds is 5. The van der Waals surface area contributed by atoms with Crippen LogP contribution in [0.5, 0.6) is 0 Å². The molecule has 108 valence electrons. The summed E-state index contributed by atoms with van der Waals surface area (Å²) in [5.74, 6) is -0.205. The number of hydrogen-bond acceptors (Lipinski definition) is 5. The van der Waals surface area contributed by atoms with Crippen LogP contribution in [0.3, 0.4) is 0 Å². The van der Waals surface area contributed by atoms with Gasteiger partial charge in [0.05, 0.1) is 21.6 Å². The van der Waals surface area contributed by atoms with E-state index in [1.165, 1.54) is 23.1 Å². The quantitative estimate of drug-likeness (QED) is 0.806. The van der Waals surface area contributed by atoms with Gasteiger partial charge < -0.3 is 5.11 Å². The second kappa shape index (κ2) is 6.28. The number of thiazole rings is 1. The number of hydrogen-bond donors (Lipinski definition) is 1. The second-order valence-corrected chi connectivity index (χ2v) is 7.16. The number of carboxylic acid groups (broad SMARTS) is 1. The van der Waals surface area contributed by atoms with E-state index in [1.807, 2.05) is 18.5 Å². The summed E-state index contributed by atoms with van der Waals surface area (Å²) in [4.78, 5) is 15.6. The first kappa shape index (κ1) is 15.5. The molecular formula is C12H14BrN3O2S2. The van der Waals surface area contributed by atoms with Crippen LogP contribution in [0.2, 0.25) is 0 Å². The van der Waals surface area contributed by atoms with Crippen molar-refractivity contribution in [3.05, 3.63) is 26.4 Å². The summed E-state index contributed by atoms with van der Waals surface area (Å²) in [7, 11) is 0. The summed E-state index contributed by atoms with van der Waals surface area (Å²) in [6.07, 6.45) is 0. The summed E-state index contributed by atoms with van der Waals surface area (Å²) in [6.45, 7) is 6.53. The van der Waals surface area contributed by atoms with Gasteiger partial charge >= 0.3 is 5.97 Å². The molecule has 2 aromatic rings. The Morgan fingerprint density at radius 3 is 2.70 bits per heavy atom. The van der Waals surface area contributed by atoms with E-state index in [4.69, 9.17) is 5.11 Å². The Morgan fingerprint density at radius 2 is 2.15 bits per heavy atom. The molecule has 0 atom stereocenters. The van der Waals surface area contributed by atoms with Crippen LogP contribution in [0.15, 0.2) is 8.81 Å². The summed E-state index contributed by atoms with van der Waals surface area (Å²) in [5, 5.41) is 13.5. The van der Waals surface area contributed by atoms with Crippen molar-refractivity contribution in [3.8, 4) is 0 Å². The minimum absolute atomic E-state index is 0.312. The fourth-order valence-corrected chi connectivity index (χ4v) is 4.43. The summed E-state index contributed by atoms with van der Waals surface area (Å²) >= 11 is 6.31. The average Bonchev–Trinajstić information content (AvgIpc) is 2.89. The highest BCUT2D eigenvalue weighted by molar-refractivity contribution is 9.10. The van der Waals surface area contributed by atoms with Gasteiger partial charge in [0.1, 0.15) is 4.88 Å². The molecule has 0 saturated carbocycles. The van der Waals surface area contributed by atoms with Crippen LogP contribution < -0.4 is 0 Å². The molecule has 0 fully saturated rings. The van der Waals surface area contributed by atoms with Crippen molar-refractivity contribution in [1.29, 1.82) is 0 Å². The number of aryl methyl sites for hydroxylation is 3. The number of carbonyl (C=O) groups is 1. The number of halogens is 1. The van der Waals surface area contributed by atoms with Crippen LogP contribution in [-0.4, -0.2) is 25.8 Å². The van der Waals surface area contributed by atoms with Crippen LogP contribution >= 0.6 is 39.0 Å². The van der Waals surface area contributed by atoms with Gasteiger partial charge in [0, 0.05) is 12.3 Å². The van der Waals surface area contributed by atoms with Crippen molar-refractivity contribution >= 4 is 45.0 Å². The first-order valence-corrected chi connectivity index (χ1v) is 8.58. The zero-order valence-corrected chi connectivity index (χ0v) is 14.5. The highest BCUT2D eigenvalue weighted by Crippen LogP contribution is 2.32. The van der Waals surface area contributed by atoms with Crippen molar-refractivity contribution in [2.24, 2.45) is 0 Å². The maximum Gasteiger partial charge on any atom is 0.347 e. The zero-order chi connectivity index (χ0) is 14.9. The molecular weight excluding hydrogens is 362 g/mol. The molecule has 0 amide bonds. The van der Waals surface area contributed by atoms with Gasteiger partial charge in [0.2, 0.25) is 0 Å². The Labute approximate surface area is 133 Å². The standard InChI is InChI=1S/C12H14BrN3O2S2/c1-4-16-8(9(13)6(2)15-16)5-19-12-14-7(3)10(20-12)11(17)18/h4-5H2,1-3H3,(H,17,18). The highest BCUT2D eigenvalue weighted by Gasteiger charge is 2.16.